The lowest BCUT2D eigenvalue weighted by molar-refractivity contribution is 0.0942. The van der Waals surface area contributed by atoms with Crippen molar-refractivity contribution in [1.29, 1.82) is 0 Å². The molecule has 1 aromatic carbocycles. The van der Waals surface area contributed by atoms with Crippen LogP contribution in [0.25, 0.3) is 0 Å². The van der Waals surface area contributed by atoms with Gasteiger partial charge in [-0.15, -0.1) is 6.58 Å². The molecule has 0 aliphatic carbocycles. The summed E-state index contributed by atoms with van der Waals surface area (Å²) in [6.07, 6.45) is 4.36. The van der Waals surface area contributed by atoms with Gasteiger partial charge in [0.1, 0.15) is 0 Å². The maximum atomic E-state index is 13.3. The first-order valence-electron chi connectivity index (χ1n) is 9.43. The van der Waals surface area contributed by atoms with E-state index in [-0.39, 0.29) is 11.8 Å². The van der Waals surface area contributed by atoms with Crippen molar-refractivity contribution in [3.63, 3.8) is 0 Å². The number of nitrogens with one attached hydrogen (secondary N) is 1. The molecule has 1 aliphatic rings. The average molecular weight is 366 g/mol. The highest BCUT2D eigenvalue weighted by Crippen LogP contribution is 2.25. The van der Waals surface area contributed by atoms with Gasteiger partial charge in [-0.1, -0.05) is 18.2 Å². The van der Waals surface area contributed by atoms with Crippen LogP contribution in [0.15, 0.2) is 36.9 Å². The van der Waals surface area contributed by atoms with Gasteiger partial charge in [-0.05, 0) is 50.8 Å². The predicted molar refractivity (Wildman–Crippen MR) is 106 cm³/mol. The fourth-order valence-electron chi connectivity index (χ4n) is 3.50. The third kappa shape index (κ3) is 3.79. The number of hydrogen-bond donors (Lipinski definition) is 1. The first-order valence-corrected chi connectivity index (χ1v) is 9.43. The summed E-state index contributed by atoms with van der Waals surface area (Å²) in [5.41, 5.74) is 3.19. The van der Waals surface area contributed by atoms with Gasteiger partial charge in [-0.25, -0.2) is 4.98 Å². The number of carbonyl (C=O) groups is 2. The van der Waals surface area contributed by atoms with Gasteiger partial charge in [0.25, 0.3) is 11.8 Å². The van der Waals surface area contributed by atoms with Crippen molar-refractivity contribution in [2.24, 2.45) is 0 Å². The van der Waals surface area contributed by atoms with Crippen LogP contribution in [-0.2, 0) is 13.0 Å². The molecule has 1 aliphatic heterocycles. The minimum Gasteiger partial charge on any atom is -0.346 e. The van der Waals surface area contributed by atoms with E-state index in [0.717, 1.165) is 36.2 Å². The zero-order valence-corrected chi connectivity index (χ0v) is 16.0. The summed E-state index contributed by atoms with van der Waals surface area (Å²) in [6.45, 7) is 9.18. The number of aromatic nitrogens is 2. The van der Waals surface area contributed by atoms with Gasteiger partial charge in [0.05, 0.1) is 5.69 Å². The minimum atomic E-state index is -0.268. The molecule has 2 amide bonds. The highest BCUT2D eigenvalue weighted by Gasteiger charge is 2.29. The molecule has 6 heteroatoms. The second kappa shape index (κ2) is 8.20. The zero-order chi connectivity index (χ0) is 19.4. The van der Waals surface area contributed by atoms with Crippen LogP contribution in [0.5, 0.6) is 0 Å². The van der Waals surface area contributed by atoms with Gasteiger partial charge in [0.2, 0.25) is 0 Å². The minimum absolute atomic E-state index is 0.156. The Morgan fingerprint density at radius 2 is 2.19 bits per heavy atom. The molecule has 1 aromatic heterocycles. The number of imidazole rings is 1. The molecule has 142 valence electrons. The first-order chi connectivity index (χ1) is 13.1. The molecule has 0 bridgehead atoms. The highest BCUT2D eigenvalue weighted by molar-refractivity contribution is 6.06. The number of aryl methyl sites for hydroxylation is 1. The molecule has 0 saturated carbocycles. The van der Waals surface area contributed by atoms with E-state index in [4.69, 9.17) is 0 Å². The summed E-state index contributed by atoms with van der Waals surface area (Å²) in [5.74, 6) is -0.109. The Labute approximate surface area is 159 Å². The van der Waals surface area contributed by atoms with Crippen molar-refractivity contribution in [3.8, 4) is 0 Å². The Bertz CT molecular complexity index is 869. The molecule has 0 saturated heterocycles. The first kappa shape index (κ1) is 18.9. The van der Waals surface area contributed by atoms with Crippen LogP contribution in [0, 0.1) is 6.92 Å². The van der Waals surface area contributed by atoms with Gasteiger partial charge in [-0.3, -0.25) is 9.59 Å². The maximum Gasteiger partial charge on any atom is 0.287 e. The van der Waals surface area contributed by atoms with E-state index < -0.39 is 0 Å². The van der Waals surface area contributed by atoms with Gasteiger partial charge < -0.3 is 14.8 Å². The number of benzene rings is 1. The second-order valence-corrected chi connectivity index (χ2v) is 6.73. The van der Waals surface area contributed by atoms with Crippen molar-refractivity contribution in [2.45, 2.75) is 39.7 Å². The standard InChI is InChI=1S/C21H26N4O2/c1-4-12-22-20(26)19-23-18(17-11-6-7-13-25(17)19)21(27)24(5-2)16-10-8-9-15(3)14-16/h4,8-10,14H,1,5-7,11-13H2,2-3H3,(H,22,26). The molecule has 1 N–H and O–H groups in total. The van der Waals surface area contributed by atoms with E-state index >= 15 is 0 Å². The number of hydrogen-bond acceptors (Lipinski definition) is 3. The van der Waals surface area contributed by atoms with Crippen LogP contribution >= 0.6 is 0 Å². The summed E-state index contributed by atoms with van der Waals surface area (Å²) >= 11 is 0. The summed E-state index contributed by atoms with van der Waals surface area (Å²) in [5, 5.41) is 2.77. The third-order valence-corrected chi connectivity index (χ3v) is 4.81. The van der Waals surface area contributed by atoms with Crippen LogP contribution in [0.2, 0.25) is 0 Å². The van der Waals surface area contributed by atoms with Crippen LogP contribution in [0.4, 0.5) is 5.69 Å². The SMILES string of the molecule is C=CCNC(=O)c1nc(C(=O)N(CC)c2cccc(C)c2)c2n1CCCC2. The zero-order valence-electron chi connectivity index (χ0n) is 16.0. The lowest BCUT2D eigenvalue weighted by Gasteiger charge is -2.22. The summed E-state index contributed by atoms with van der Waals surface area (Å²) in [7, 11) is 0. The van der Waals surface area contributed by atoms with E-state index in [0.29, 0.717) is 31.2 Å². The largest absolute Gasteiger partial charge is 0.346 e. The van der Waals surface area contributed by atoms with Gasteiger partial charge >= 0.3 is 0 Å². The fourth-order valence-corrected chi connectivity index (χ4v) is 3.50. The Kier molecular flexibility index (Phi) is 5.74. The summed E-state index contributed by atoms with van der Waals surface area (Å²) in [6, 6.07) is 7.86. The number of nitrogens with zero attached hydrogens (tertiary/aromatic N) is 3. The van der Waals surface area contributed by atoms with Crippen molar-refractivity contribution in [2.75, 3.05) is 18.0 Å². The molecular formula is C21H26N4O2. The number of anilines is 1. The fraction of sp³-hybridized carbons (Fsp3) is 0.381. The lowest BCUT2D eigenvalue weighted by atomic mass is 10.1. The van der Waals surface area contributed by atoms with Crippen LogP contribution in [0.1, 0.15) is 52.1 Å². The number of rotatable bonds is 6. The molecule has 0 unspecified atom stereocenters. The molecule has 3 rings (SSSR count). The second-order valence-electron chi connectivity index (χ2n) is 6.73. The lowest BCUT2D eigenvalue weighted by Crippen LogP contribution is -2.32. The Balaban J connectivity index is 1.99. The maximum absolute atomic E-state index is 13.3. The van der Waals surface area contributed by atoms with E-state index in [2.05, 4.69) is 16.9 Å². The predicted octanol–water partition coefficient (Wildman–Crippen LogP) is 3.11. The normalized spacial score (nSPS) is 13.0. The quantitative estimate of drug-likeness (QED) is 0.799. The van der Waals surface area contributed by atoms with E-state index in [1.807, 2.05) is 42.7 Å². The Morgan fingerprint density at radius 1 is 1.37 bits per heavy atom. The van der Waals surface area contributed by atoms with E-state index in [1.165, 1.54) is 0 Å². The Hall–Kier alpha value is -2.89. The van der Waals surface area contributed by atoms with Crippen molar-refractivity contribution in [1.82, 2.24) is 14.9 Å². The topological polar surface area (TPSA) is 67.2 Å². The molecule has 0 radical (unpaired) electrons. The van der Waals surface area contributed by atoms with Crippen molar-refractivity contribution in [3.05, 3.63) is 59.7 Å². The number of carbonyl (C=O) groups excluding carboxylic acids is 2. The van der Waals surface area contributed by atoms with Crippen LogP contribution < -0.4 is 10.2 Å². The molecule has 0 spiro atoms. The van der Waals surface area contributed by atoms with Gasteiger partial charge in [-0.2, -0.15) is 0 Å². The molecule has 6 nitrogen and oxygen atoms in total. The van der Waals surface area contributed by atoms with Crippen molar-refractivity contribution >= 4 is 17.5 Å². The molecule has 27 heavy (non-hydrogen) atoms. The van der Waals surface area contributed by atoms with E-state index in [9.17, 15) is 9.59 Å². The monoisotopic (exact) mass is 366 g/mol. The summed E-state index contributed by atoms with van der Waals surface area (Å²) < 4.78 is 1.90. The number of fused-ring (bicyclic) bond motifs is 1. The summed E-state index contributed by atoms with van der Waals surface area (Å²) in [4.78, 5) is 32.0. The van der Waals surface area contributed by atoms with Gasteiger partial charge in [0, 0.05) is 25.3 Å². The molecule has 0 atom stereocenters. The smallest absolute Gasteiger partial charge is 0.287 e. The highest BCUT2D eigenvalue weighted by atomic mass is 16.2. The van der Waals surface area contributed by atoms with Crippen LogP contribution in [0.3, 0.4) is 0 Å². The number of amides is 2. The van der Waals surface area contributed by atoms with E-state index in [1.54, 1.807) is 11.0 Å². The molecule has 2 heterocycles. The van der Waals surface area contributed by atoms with Gasteiger partial charge in [0.15, 0.2) is 11.5 Å². The molecular weight excluding hydrogens is 340 g/mol. The molecule has 0 fully saturated rings. The van der Waals surface area contributed by atoms with Crippen LogP contribution in [-0.4, -0.2) is 34.5 Å². The third-order valence-electron chi connectivity index (χ3n) is 4.81. The Morgan fingerprint density at radius 3 is 2.89 bits per heavy atom. The average Bonchev–Trinajstić information content (AvgIpc) is 3.06. The van der Waals surface area contributed by atoms with Crippen molar-refractivity contribution < 1.29 is 9.59 Å². The molecule has 2 aromatic rings.